The van der Waals surface area contributed by atoms with Crippen LogP contribution in [-0.4, -0.2) is 16.1 Å². The van der Waals surface area contributed by atoms with E-state index in [2.05, 4.69) is 4.98 Å². The molecule has 0 saturated carbocycles. The van der Waals surface area contributed by atoms with Crippen molar-refractivity contribution in [1.29, 1.82) is 0 Å². The molecule has 1 aromatic heterocycles. The summed E-state index contributed by atoms with van der Waals surface area (Å²) >= 11 is 0. The lowest BCUT2D eigenvalue weighted by molar-refractivity contribution is -0.137. The van der Waals surface area contributed by atoms with E-state index >= 15 is 0 Å². The van der Waals surface area contributed by atoms with Crippen molar-refractivity contribution in [2.24, 2.45) is 0 Å². The van der Waals surface area contributed by atoms with Gasteiger partial charge in [-0.1, -0.05) is 12.1 Å². The number of rotatable bonds is 2. The molecule has 0 amide bonds. The molecule has 1 aromatic carbocycles. The molecule has 0 atom stereocenters. The zero-order valence-electron chi connectivity index (χ0n) is 9.48. The molecule has 6 heteroatoms. The highest BCUT2D eigenvalue weighted by Gasteiger charge is 2.30. The fourth-order valence-electron chi connectivity index (χ4n) is 1.68. The lowest BCUT2D eigenvalue weighted by atomic mass is 10.00. The quantitative estimate of drug-likeness (QED) is 0.906. The van der Waals surface area contributed by atoms with Crippen molar-refractivity contribution in [1.82, 2.24) is 4.98 Å². The summed E-state index contributed by atoms with van der Waals surface area (Å²) in [4.78, 5) is 14.7. The van der Waals surface area contributed by atoms with Crippen molar-refractivity contribution in [3.63, 3.8) is 0 Å². The topological polar surface area (TPSA) is 50.2 Å². The Morgan fingerprint density at radius 1 is 1.21 bits per heavy atom. The van der Waals surface area contributed by atoms with Crippen molar-refractivity contribution in [3.05, 3.63) is 53.9 Å². The molecular weight excluding hydrogens is 259 g/mol. The predicted octanol–water partition coefficient (Wildman–Crippen LogP) is 3.47. The van der Waals surface area contributed by atoms with Crippen LogP contribution in [0.3, 0.4) is 0 Å². The number of benzene rings is 1. The molecule has 0 saturated heterocycles. The lowest BCUT2D eigenvalue weighted by Gasteiger charge is -2.10. The van der Waals surface area contributed by atoms with Gasteiger partial charge in [0.25, 0.3) is 0 Å². The van der Waals surface area contributed by atoms with Gasteiger partial charge in [0.1, 0.15) is 0 Å². The molecule has 0 unspecified atom stereocenters. The molecule has 0 radical (unpaired) electrons. The Bertz CT molecular complexity index is 623. The SMILES string of the molecule is O=C(O)c1cnccc1-c1cccc(C(F)(F)F)c1. The normalized spacial score (nSPS) is 11.3. The third-order valence-corrected chi connectivity index (χ3v) is 2.55. The fourth-order valence-corrected chi connectivity index (χ4v) is 1.68. The lowest BCUT2D eigenvalue weighted by Crippen LogP contribution is -2.05. The molecule has 0 aliphatic heterocycles. The van der Waals surface area contributed by atoms with Gasteiger partial charge in [0.15, 0.2) is 0 Å². The average molecular weight is 267 g/mol. The second kappa shape index (κ2) is 4.72. The molecule has 0 bridgehead atoms. The van der Waals surface area contributed by atoms with E-state index < -0.39 is 17.7 Å². The van der Waals surface area contributed by atoms with Gasteiger partial charge >= 0.3 is 12.1 Å². The van der Waals surface area contributed by atoms with Crippen molar-refractivity contribution in [3.8, 4) is 11.1 Å². The minimum absolute atomic E-state index is 0.137. The predicted molar refractivity (Wildman–Crippen MR) is 61.6 cm³/mol. The van der Waals surface area contributed by atoms with Crippen LogP contribution in [0.25, 0.3) is 11.1 Å². The number of alkyl halides is 3. The largest absolute Gasteiger partial charge is 0.478 e. The number of aromatic nitrogens is 1. The Labute approximate surface area is 106 Å². The van der Waals surface area contributed by atoms with Crippen LogP contribution in [0.15, 0.2) is 42.7 Å². The van der Waals surface area contributed by atoms with Crippen LogP contribution in [0.1, 0.15) is 15.9 Å². The minimum Gasteiger partial charge on any atom is -0.478 e. The van der Waals surface area contributed by atoms with Gasteiger partial charge in [0.2, 0.25) is 0 Å². The van der Waals surface area contributed by atoms with Crippen LogP contribution in [0.2, 0.25) is 0 Å². The Morgan fingerprint density at radius 3 is 2.58 bits per heavy atom. The summed E-state index contributed by atoms with van der Waals surface area (Å²) in [5.74, 6) is -1.24. The van der Waals surface area contributed by atoms with Crippen LogP contribution in [0.5, 0.6) is 0 Å². The molecule has 2 aromatic rings. The first kappa shape index (κ1) is 13.1. The van der Waals surface area contributed by atoms with E-state index in [1.807, 2.05) is 0 Å². The van der Waals surface area contributed by atoms with E-state index in [1.165, 1.54) is 24.4 Å². The highest BCUT2D eigenvalue weighted by Crippen LogP contribution is 2.32. The number of carboxylic acids is 1. The molecule has 1 heterocycles. The Balaban J connectivity index is 2.57. The van der Waals surface area contributed by atoms with Gasteiger partial charge in [0, 0.05) is 12.4 Å². The number of halogens is 3. The highest BCUT2D eigenvalue weighted by molar-refractivity contribution is 5.95. The summed E-state index contributed by atoms with van der Waals surface area (Å²) in [5.41, 5.74) is -0.566. The summed E-state index contributed by atoms with van der Waals surface area (Å²) in [6.07, 6.45) is -2.02. The second-order valence-corrected chi connectivity index (χ2v) is 3.80. The molecule has 0 aliphatic carbocycles. The van der Waals surface area contributed by atoms with Gasteiger partial charge < -0.3 is 5.11 Å². The zero-order chi connectivity index (χ0) is 14.0. The number of carbonyl (C=O) groups is 1. The van der Waals surface area contributed by atoms with Crippen molar-refractivity contribution < 1.29 is 23.1 Å². The number of nitrogens with zero attached hydrogens (tertiary/aromatic N) is 1. The molecule has 1 N–H and O–H groups in total. The van der Waals surface area contributed by atoms with Gasteiger partial charge in [0.05, 0.1) is 11.1 Å². The Hall–Kier alpha value is -2.37. The first-order chi connectivity index (χ1) is 8.89. The average Bonchev–Trinajstić information content (AvgIpc) is 2.38. The number of carboxylic acid groups (broad SMARTS) is 1. The minimum atomic E-state index is -4.47. The highest BCUT2D eigenvalue weighted by atomic mass is 19.4. The van der Waals surface area contributed by atoms with Gasteiger partial charge in [-0.3, -0.25) is 4.98 Å². The van der Waals surface area contributed by atoms with Crippen LogP contribution in [-0.2, 0) is 6.18 Å². The summed E-state index contributed by atoms with van der Waals surface area (Å²) < 4.78 is 37.8. The first-order valence-electron chi connectivity index (χ1n) is 5.24. The van der Waals surface area contributed by atoms with Crippen LogP contribution < -0.4 is 0 Å². The Morgan fingerprint density at radius 2 is 1.95 bits per heavy atom. The summed E-state index contributed by atoms with van der Waals surface area (Å²) in [5, 5.41) is 8.99. The molecule has 0 aliphatic rings. The van der Waals surface area contributed by atoms with E-state index in [-0.39, 0.29) is 16.7 Å². The molecule has 0 fully saturated rings. The van der Waals surface area contributed by atoms with Crippen LogP contribution >= 0.6 is 0 Å². The molecule has 19 heavy (non-hydrogen) atoms. The number of aromatic carboxylic acids is 1. The van der Waals surface area contributed by atoms with E-state index in [1.54, 1.807) is 0 Å². The van der Waals surface area contributed by atoms with Crippen LogP contribution in [0, 0.1) is 0 Å². The van der Waals surface area contributed by atoms with Crippen LogP contribution in [0.4, 0.5) is 13.2 Å². The zero-order valence-corrected chi connectivity index (χ0v) is 9.48. The van der Waals surface area contributed by atoms with Crippen molar-refractivity contribution in [2.75, 3.05) is 0 Å². The summed E-state index contributed by atoms with van der Waals surface area (Å²) in [6.45, 7) is 0. The first-order valence-corrected chi connectivity index (χ1v) is 5.24. The number of hydrogen-bond donors (Lipinski definition) is 1. The molecular formula is C13H8F3NO2. The molecule has 98 valence electrons. The smallest absolute Gasteiger partial charge is 0.416 e. The maximum atomic E-state index is 12.6. The number of hydrogen-bond acceptors (Lipinski definition) is 2. The fraction of sp³-hybridized carbons (Fsp3) is 0.0769. The van der Waals surface area contributed by atoms with Gasteiger partial charge in [-0.2, -0.15) is 13.2 Å². The van der Waals surface area contributed by atoms with Crippen molar-refractivity contribution >= 4 is 5.97 Å². The third kappa shape index (κ3) is 2.73. The van der Waals surface area contributed by atoms with E-state index in [0.29, 0.717) is 0 Å². The number of pyridine rings is 1. The van der Waals surface area contributed by atoms with E-state index in [0.717, 1.165) is 18.3 Å². The van der Waals surface area contributed by atoms with E-state index in [9.17, 15) is 18.0 Å². The van der Waals surface area contributed by atoms with Crippen molar-refractivity contribution in [2.45, 2.75) is 6.18 Å². The summed E-state index contributed by atoms with van der Waals surface area (Å²) in [7, 11) is 0. The second-order valence-electron chi connectivity index (χ2n) is 3.80. The summed E-state index contributed by atoms with van der Waals surface area (Å²) in [6, 6.07) is 5.90. The maximum Gasteiger partial charge on any atom is 0.416 e. The monoisotopic (exact) mass is 267 g/mol. The van der Waals surface area contributed by atoms with E-state index in [4.69, 9.17) is 5.11 Å². The van der Waals surface area contributed by atoms with Gasteiger partial charge in [-0.25, -0.2) is 4.79 Å². The van der Waals surface area contributed by atoms with Gasteiger partial charge in [-0.15, -0.1) is 0 Å². The Kier molecular flexibility index (Phi) is 3.25. The molecule has 2 rings (SSSR count). The standard InChI is InChI=1S/C13H8F3NO2/c14-13(15,16)9-3-1-2-8(6-9)10-4-5-17-7-11(10)12(18)19/h1-7H,(H,18,19). The third-order valence-electron chi connectivity index (χ3n) is 2.55. The molecule has 3 nitrogen and oxygen atoms in total. The maximum absolute atomic E-state index is 12.6. The molecule has 0 spiro atoms. The van der Waals surface area contributed by atoms with Gasteiger partial charge in [-0.05, 0) is 29.3 Å².